The number of carbonyl (C=O) groups is 1. The van der Waals surface area contributed by atoms with E-state index in [2.05, 4.69) is 5.32 Å². The van der Waals surface area contributed by atoms with E-state index in [-0.39, 0.29) is 23.0 Å². The highest BCUT2D eigenvalue weighted by molar-refractivity contribution is 7.99. The molecule has 0 spiro atoms. The van der Waals surface area contributed by atoms with Crippen LogP contribution in [0.15, 0.2) is 87.5 Å². The second-order valence-corrected chi connectivity index (χ2v) is 10.1. The van der Waals surface area contributed by atoms with Gasteiger partial charge in [0, 0.05) is 16.3 Å². The van der Waals surface area contributed by atoms with Gasteiger partial charge in [0.05, 0.1) is 29.3 Å². The van der Waals surface area contributed by atoms with Crippen LogP contribution in [0.2, 0.25) is 5.02 Å². The summed E-state index contributed by atoms with van der Waals surface area (Å²) in [6.45, 7) is 1.47. The number of hydrogen-bond donors (Lipinski definition) is 1. The second kappa shape index (κ2) is 10.9. The molecule has 6 nitrogen and oxygen atoms in total. The average Bonchev–Trinajstić information content (AvgIpc) is 2.79. The molecule has 9 heteroatoms. The Hall–Kier alpha value is -2.52. The predicted molar refractivity (Wildman–Crippen MR) is 128 cm³/mol. The molecule has 0 fully saturated rings. The number of hydrogen-bond acceptors (Lipinski definition) is 5. The number of ether oxygens (including phenoxy) is 1. The van der Waals surface area contributed by atoms with E-state index < -0.39 is 15.9 Å². The largest absolute Gasteiger partial charge is 0.495 e. The predicted octanol–water partition coefficient (Wildman–Crippen LogP) is 5.15. The summed E-state index contributed by atoms with van der Waals surface area (Å²) in [5.41, 5.74) is 0.618. The Morgan fingerprint density at radius 1 is 1.06 bits per heavy atom. The van der Waals surface area contributed by atoms with E-state index in [0.717, 1.165) is 14.1 Å². The summed E-state index contributed by atoms with van der Waals surface area (Å²) in [6, 6.07) is 21.4. The molecule has 1 N–H and O–H groups in total. The molecule has 0 aliphatic heterocycles. The van der Waals surface area contributed by atoms with Crippen molar-refractivity contribution in [2.45, 2.75) is 21.6 Å². The van der Waals surface area contributed by atoms with Crippen LogP contribution in [0.4, 0.5) is 5.69 Å². The first-order valence-corrected chi connectivity index (χ1v) is 12.4. The van der Waals surface area contributed by atoms with Gasteiger partial charge in [-0.25, -0.2) is 8.42 Å². The lowest BCUT2D eigenvalue weighted by molar-refractivity contribution is -0.116. The van der Waals surface area contributed by atoms with Gasteiger partial charge >= 0.3 is 0 Å². The van der Waals surface area contributed by atoms with Crippen LogP contribution in [-0.2, 0) is 14.8 Å². The maximum absolute atomic E-state index is 13.1. The van der Waals surface area contributed by atoms with Gasteiger partial charge in [-0.05, 0) is 42.5 Å². The van der Waals surface area contributed by atoms with E-state index in [1.54, 1.807) is 13.0 Å². The lowest BCUT2D eigenvalue weighted by Crippen LogP contribution is -2.37. The molecule has 3 aromatic rings. The Kier molecular flexibility index (Phi) is 8.20. The average molecular weight is 491 g/mol. The number of methoxy groups -OCH3 is 1. The zero-order valence-corrected chi connectivity index (χ0v) is 20.0. The van der Waals surface area contributed by atoms with Gasteiger partial charge < -0.3 is 10.1 Å². The van der Waals surface area contributed by atoms with Gasteiger partial charge in [-0.15, -0.1) is 0 Å². The lowest BCUT2D eigenvalue weighted by atomic mass is 10.3. The quantitative estimate of drug-likeness (QED) is 0.449. The number of para-hydroxylation sites is 1. The minimum Gasteiger partial charge on any atom is -0.495 e. The van der Waals surface area contributed by atoms with Crippen LogP contribution in [0.25, 0.3) is 0 Å². The van der Waals surface area contributed by atoms with E-state index >= 15 is 0 Å². The number of carbonyl (C=O) groups excluding carboxylic acids is 1. The Morgan fingerprint density at radius 3 is 2.41 bits per heavy atom. The molecule has 0 bridgehead atoms. The number of benzene rings is 3. The molecule has 1 amide bonds. The standard InChI is InChI=1S/C23H23ClN2O4S2/c1-3-26(32(28,29)18-13-14-21(30-2)19(24)15-18)16-23(27)25-20-11-7-8-12-22(20)31-17-9-5-4-6-10-17/h4-15H,3,16H2,1-2H3,(H,25,27). The summed E-state index contributed by atoms with van der Waals surface area (Å²) in [5.74, 6) is -0.0601. The van der Waals surface area contributed by atoms with Crippen molar-refractivity contribution in [2.75, 3.05) is 25.5 Å². The van der Waals surface area contributed by atoms with E-state index in [4.69, 9.17) is 16.3 Å². The van der Waals surface area contributed by atoms with Gasteiger partial charge in [0.15, 0.2) is 0 Å². The van der Waals surface area contributed by atoms with E-state index in [1.165, 1.54) is 37.1 Å². The summed E-state index contributed by atoms with van der Waals surface area (Å²) >= 11 is 7.61. The topological polar surface area (TPSA) is 75.7 Å². The van der Waals surface area contributed by atoms with Gasteiger partial charge in [0.25, 0.3) is 0 Å². The van der Waals surface area contributed by atoms with Gasteiger partial charge in [-0.1, -0.05) is 60.6 Å². The third-order valence-corrected chi connectivity index (χ3v) is 7.86. The number of anilines is 1. The molecule has 0 saturated carbocycles. The van der Waals surface area contributed by atoms with Gasteiger partial charge in [0.2, 0.25) is 15.9 Å². The highest BCUT2D eigenvalue weighted by Crippen LogP contribution is 2.33. The molecule has 168 valence electrons. The summed E-state index contributed by atoms with van der Waals surface area (Å²) in [6.07, 6.45) is 0. The van der Waals surface area contributed by atoms with Crippen molar-refractivity contribution in [1.29, 1.82) is 0 Å². The highest BCUT2D eigenvalue weighted by Gasteiger charge is 2.26. The van der Waals surface area contributed by atoms with E-state index in [0.29, 0.717) is 11.4 Å². The fourth-order valence-electron chi connectivity index (χ4n) is 2.95. The number of likely N-dealkylation sites (N-methyl/N-ethyl adjacent to an activating group) is 1. The molecular formula is C23H23ClN2O4S2. The number of nitrogens with zero attached hydrogens (tertiary/aromatic N) is 1. The van der Waals surface area contributed by atoms with E-state index in [1.807, 2.05) is 48.5 Å². The third-order valence-electron chi connectivity index (χ3n) is 4.57. The molecule has 0 saturated heterocycles. The first kappa shape index (κ1) is 24.1. The Bertz CT molecular complexity index is 1190. The lowest BCUT2D eigenvalue weighted by Gasteiger charge is -2.21. The van der Waals surface area contributed by atoms with Crippen molar-refractivity contribution in [3.63, 3.8) is 0 Å². The van der Waals surface area contributed by atoms with Crippen LogP contribution in [-0.4, -0.2) is 38.8 Å². The zero-order valence-electron chi connectivity index (χ0n) is 17.6. The molecule has 0 aliphatic carbocycles. The fourth-order valence-corrected chi connectivity index (χ4v) is 5.62. The summed E-state index contributed by atoms with van der Waals surface area (Å²) in [7, 11) is -2.47. The highest BCUT2D eigenvalue weighted by atomic mass is 35.5. The maximum Gasteiger partial charge on any atom is 0.243 e. The van der Waals surface area contributed by atoms with Gasteiger partial charge in [-0.3, -0.25) is 4.79 Å². The maximum atomic E-state index is 13.1. The summed E-state index contributed by atoms with van der Waals surface area (Å²) in [4.78, 5) is 14.6. The third kappa shape index (κ3) is 5.83. The van der Waals surface area contributed by atoms with Crippen LogP contribution in [0.5, 0.6) is 5.75 Å². The molecule has 0 aromatic heterocycles. The fraction of sp³-hybridized carbons (Fsp3) is 0.174. The molecule has 0 heterocycles. The van der Waals surface area contributed by atoms with Crippen molar-refractivity contribution in [2.24, 2.45) is 0 Å². The van der Waals surface area contributed by atoms with Crippen molar-refractivity contribution in [1.82, 2.24) is 4.31 Å². The molecule has 0 aliphatic rings. The van der Waals surface area contributed by atoms with Crippen LogP contribution in [0, 0.1) is 0 Å². The molecule has 3 aromatic carbocycles. The molecular weight excluding hydrogens is 468 g/mol. The number of rotatable bonds is 9. The minimum absolute atomic E-state index is 0.00187. The SMILES string of the molecule is CCN(CC(=O)Nc1ccccc1Sc1ccccc1)S(=O)(=O)c1ccc(OC)c(Cl)c1. The monoisotopic (exact) mass is 490 g/mol. The van der Waals surface area contributed by atoms with E-state index in [9.17, 15) is 13.2 Å². The van der Waals surface area contributed by atoms with Crippen LogP contribution >= 0.6 is 23.4 Å². The number of nitrogens with one attached hydrogen (secondary N) is 1. The van der Waals surface area contributed by atoms with Crippen molar-refractivity contribution in [3.05, 3.63) is 77.8 Å². The minimum atomic E-state index is -3.92. The normalized spacial score (nSPS) is 11.4. The van der Waals surface area contributed by atoms with Crippen LogP contribution in [0.3, 0.4) is 0 Å². The zero-order chi connectivity index (χ0) is 23.1. The molecule has 32 heavy (non-hydrogen) atoms. The Balaban J connectivity index is 1.75. The number of sulfonamides is 1. The summed E-state index contributed by atoms with van der Waals surface area (Å²) < 4.78 is 32.3. The molecule has 0 unspecified atom stereocenters. The summed E-state index contributed by atoms with van der Waals surface area (Å²) in [5, 5.41) is 3.02. The second-order valence-electron chi connectivity index (χ2n) is 6.69. The van der Waals surface area contributed by atoms with Crippen molar-refractivity contribution >= 4 is 45.0 Å². The van der Waals surface area contributed by atoms with Gasteiger partial charge in [0.1, 0.15) is 5.75 Å². The van der Waals surface area contributed by atoms with Crippen LogP contribution in [0.1, 0.15) is 6.92 Å². The van der Waals surface area contributed by atoms with Gasteiger partial charge in [-0.2, -0.15) is 4.31 Å². The van der Waals surface area contributed by atoms with Crippen molar-refractivity contribution < 1.29 is 17.9 Å². The number of amides is 1. The molecule has 0 radical (unpaired) electrons. The molecule has 0 atom stereocenters. The van der Waals surface area contributed by atoms with Crippen LogP contribution < -0.4 is 10.1 Å². The first-order chi connectivity index (χ1) is 15.3. The smallest absolute Gasteiger partial charge is 0.243 e. The van der Waals surface area contributed by atoms with Crippen molar-refractivity contribution in [3.8, 4) is 5.75 Å². The molecule has 3 rings (SSSR count). The Morgan fingerprint density at radius 2 is 1.75 bits per heavy atom. The Labute approximate surface area is 197 Å². The number of halogens is 1. The first-order valence-electron chi connectivity index (χ1n) is 9.80.